The van der Waals surface area contributed by atoms with Crippen LogP contribution >= 0.6 is 0 Å². The monoisotopic (exact) mass is 289 g/mol. The predicted octanol–water partition coefficient (Wildman–Crippen LogP) is 3.67. The molecule has 2 aliphatic rings. The lowest BCUT2D eigenvalue weighted by atomic mass is 9.79. The van der Waals surface area contributed by atoms with Gasteiger partial charge in [0.1, 0.15) is 11.9 Å². The van der Waals surface area contributed by atoms with Crippen molar-refractivity contribution in [2.45, 2.75) is 63.2 Å². The van der Waals surface area contributed by atoms with Crippen molar-refractivity contribution in [2.75, 3.05) is 13.7 Å². The summed E-state index contributed by atoms with van der Waals surface area (Å²) < 4.78 is 12.4. The maximum absolute atomic E-state index is 6.22. The highest BCUT2D eigenvalue weighted by molar-refractivity contribution is 5.27. The molecule has 1 spiro atoms. The molecule has 1 saturated carbocycles. The molecule has 1 aliphatic heterocycles. The van der Waals surface area contributed by atoms with E-state index in [2.05, 4.69) is 29.6 Å². The Labute approximate surface area is 128 Å². The lowest BCUT2D eigenvalue weighted by Gasteiger charge is -2.43. The molecule has 2 fully saturated rings. The third-order valence-electron chi connectivity index (χ3n) is 4.82. The fourth-order valence-corrected chi connectivity index (χ4v) is 3.71. The van der Waals surface area contributed by atoms with Crippen LogP contribution in [0, 0.1) is 0 Å². The van der Waals surface area contributed by atoms with Crippen LogP contribution < -0.4 is 10.1 Å². The van der Waals surface area contributed by atoms with Crippen LogP contribution in [0.2, 0.25) is 0 Å². The molecule has 3 heteroatoms. The van der Waals surface area contributed by atoms with Gasteiger partial charge in [-0.05, 0) is 37.6 Å². The van der Waals surface area contributed by atoms with Crippen molar-refractivity contribution in [3.05, 3.63) is 29.8 Å². The van der Waals surface area contributed by atoms with Gasteiger partial charge in [0.15, 0.2) is 0 Å². The van der Waals surface area contributed by atoms with E-state index >= 15 is 0 Å². The van der Waals surface area contributed by atoms with Crippen molar-refractivity contribution in [2.24, 2.45) is 0 Å². The topological polar surface area (TPSA) is 30.5 Å². The standard InChI is InChI=1S/C18H27NO2/c1-19-14-15-5-7-16(8-6-15)21-17-9-12-20-18(13-17)10-3-2-4-11-18/h5-8,17,19H,2-4,9-14H2,1H3. The van der Waals surface area contributed by atoms with E-state index in [0.717, 1.165) is 31.7 Å². The normalized spacial score (nSPS) is 24.9. The van der Waals surface area contributed by atoms with Crippen LogP contribution in [0.1, 0.15) is 50.5 Å². The third-order valence-corrected chi connectivity index (χ3v) is 4.82. The average molecular weight is 289 g/mol. The number of nitrogens with one attached hydrogen (secondary N) is 1. The van der Waals surface area contributed by atoms with Crippen LogP contribution in [-0.2, 0) is 11.3 Å². The molecule has 1 aromatic carbocycles. The second kappa shape index (κ2) is 6.80. The molecule has 1 atom stereocenters. The smallest absolute Gasteiger partial charge is 0.119 e. The molecule has 3 nitrogen and oxygen atoms in total. The molecule has 21 heavy (non-hydrogen) atoms. The molecule has 1 aromatic rings. The van der Waals surface area contributed by atoms with E-state index in [-0.39, 0.29) is 5.60 Å². The Morgan fingerprint density at radius 1 is 1.19 bits per heavy atom. The third kappa shape index (κ3) is 3.78. The van der Waals surface area contributed by atoms with Gasteiger partial charge >= 0.3 is 0 Å². The van der Waals surface area contributed by atoms with Gasteiger partial charge in [-0.3, -0.25) is 0 Å². The average Bonchev–Trinajstić information content (AvgIpc) is 2.50. The first kappa shape index (κ1) is 14.9. The van der Waals surface area contributed by atoms with Gasteiger partial charge in [-0.15, -0.1) is 0 Å². The van der Waals surface area contributed by atoms with Gasteiger partial charge in [0.25, 0.3) is 0 Å². The van der Waals surface area contributed by atoms with Crippen LogP contribution in [0.15, 0.2) is 24.3 Å². The van der Waals surface area contributed by atoms with E-state index in [0.29, 0.717) is 6.10 Å². The van der Waals surface area contributed by atoms with Crippen molar-refractivity contribution >= 4 is 0 Å². The van der Waals surface area contributed by atoms with E-state index < -0.39 is 0 Å². The number of benzene rings is 1. The number of ether oxygens (including phenoxy) is 2. The minimum atomic E-state index is 0.118. The zero-order valence-electron chi connectivity index (χ0n) is 13.1. The lowest BCUT2D eigenvalue weighted by molar-refractivity contribution is -0.129. The maximum Gasteiger partial charge on any atom is 0.119 e. The van der Waals surface area contributed by atoms with E-state index in [9.17, 15) is 0 Å². The summed E-state index contributed by atoms with van der Waals surface area (Å²) in [5.74, 6) is 0.993. The van der Waals surface area contributed by atoms with Crippen LogP contribution in [0.4, 0.5) is 0 Å². The second-order valence-electron chi connectivity index (χ2n) is 6.50. The van der Waals surface area contributed by atoms with Gasteiger partial charge in [0.05, 0.1) is 12.2 Å². The molecular formula is C18H27NO2. The second-order valence-corrected chi connectivity index (χ2v) is 6.50. The quantitative estimate of drug-likeness (QED) is 0.917. The summed E-state index contributed by atoms with van der Waals surface area (Å²) in [4.78, 5) is 0. The Bertz CT molecular complexity index is 432. The highest BCUT2D eigenvalue weighted by atomic mass is 16.5. The van der Waals surface area contributed by atoms with Crippen molar-refractivity contribution < 1.29 is 9.47 Å². The first-order valence-corrected chi connectivity index (χ1v) is 8.34. The molecule has 1 heterocycles. The van der Waals surface area contributed by atoms with E-state index in [1.807, 2.05) is 7.05 Å². The number of rotatable bonds is 4. The first-order chi connectivity index (χ1) is 10.3. The zero-order valence-corrected chi connectivity index (χ0v) is 13.1. The molecule has 1 saturated heterocycles. The summed E-state index contributed by atoms with van der Waals surface area (Å²) in [6, 6.07) is 8.47. The van der Waals surface area contributed by atoms with Crippen molar-refractivity contribution in [3.63, 3.8) is 0 Å². The van der Waals surface area contributed by atoms with Crippen molar-refractivity contribution in [1.29, 1.82) is 0 Å². The van der Waals surface area contributed by atoms with Gasteiger partial charge in [-0.1, -0.05) is 31.4 Å². The molecule has 0 amide bonds. The summed E-state index contributed by atoms with van der Waals surface area (Å²) in [6.07, 6.45) is 8.81. The molecule has 1 unspecified atom stereocenters. The van der Waals surface area contributed by atoms with Crippen LogP contribution in [0.3, 0.4) is 0 Å². The fourth-order valence-electron chi connectivity index (χ4n) is 3.71. The van der Waals surface area contributed by atoms with Crippen LogP contribution in [0.5, 0.6) is 5.75 Å². The van der Waals surface area contributed by atoms with Crippen LogP contribution in [-0.4, -0.2) is 25.4 Å². The summed E-state index contributed by atoms with van der Waals surface area (Å²) in [5, 5.41) is 3.17. The van der Waals surface area contributed by atoms with Gasteiger partial charge in [0, 0.05) is 19.4 Å². The van der Waals surface area contributed by atoms with Gasteiger partial charge in [0.2, 0.25) is 0 Å². The SMILES string of the molecule is CNCc1ccc(OC2CCOC3(CCCCC3)C2)cc1. The molecule has 0 bridgehead atoms. The van der Waals surface area contributed by atoms with Crippen LogP contribution in [0.25, 0.3) is 0 Å². The Morgan fingerprint density at radius 3 is 2.67 bits per heavy atom. The molecule has 0 aromatic heterocycles. The van der Waals surface area contributed by atoms with Gasteiger partial charge in [-0.25, -0.2) is 0 Å². The minimum absolute atomic E-state index is 0.118. The van der Waals surface area contributed by atoms with Crippen molar-refractivity contribution in [3.8, 4) is 5.75 Å². The Kier molecular flexibility index (Phi) is 4.81. The Balaban J connectivity index is 1.59. The predicted molar refractivity (Wildman–Crippen MR) is 84.6 cm³/mol. The summed E-state index contributed by atoms with van der Waals surface area (Å²) in [7, 11) is 1.97. The fraction of sp³-hybridized carbons (Fsp3) is 0.667. The molecule has 1 N–H and O–H groups in total. The summed E-state index contributed by atoms with van der Waals surface area (Å²) >= 11 is 0. The Morgan fingerprint density at radius 2 is 1.95 bits per heavy atom. The van der Waals surface area contributed by atoms with E-state index in [4.69, 9.17) is 9.47 Å². The summed E-state index contributed by atoms with van der Waals surface area (Å²) in [6.45, 7) is 1.75. The lowest BCUT2D eigenvalue weighted by Crippen LogP contribution is -2.45. The minimum Gasteiger partial charge on any atom is -0.490 e. The Hall–Kier alpha value is -1.06. The molecule has 0 radical (unpaired) electrons. The molecule has 3 rings (SSSR count). The highest BCUT2D eigenvalue weighted by Gasteiger charge is 2.39. The van der Waals surface area contributed by atoms with Crippen molar-refractivity contribution in [1.82, 2.24) is 5.32 Å². The molecule has 1 aliphatic carbocycles. The van der Waals surface area contributed by atoms with E-state index in [1.165, 1.54) is 37.7 Å². The molecule has 116 valence electrons. The summed E-state index contributed by atoms with van der Waals surface area (Å²) in [5.41, 5.74) is 1.41. The van der Waals surface area contributed by atoms with Gasteiger partial charge in [-0.2, -0.15) is 0 Å². The van der Waals surface area contributed by atoms with E-state index in [1.54, 1.807) is 0 Å². The maximum atomic E-state index is 6.22. The molecular weight excluding hydrogens is 262 g/mol. The highest BCUT2D eigenvalue weighted by Crippen LogP contribution is 2.39. The first-order valence-electron chi connectivity index (χ1n) is 8.34. The number of hydrogen-bond acceptors (Lipinski definition) is 3. The van der Waals surface area contributed by atoms with Gasteiger partial charge < -0.3 is 14.8 Å². The number of hydrogen-bond donors (Lipinski definition) is 1. The largest absolute Gasteiger partial charge is 0.490 e. The zero-order chi connectivity index (χ0) is 14.5.